The summed E-state index contributed by atoms with van der Waals surface area (Å²) in [5.41, 5.74) is 0.791. The Morgan fingerprint density at radius 3 is 2.42 bits per heavy atom. The fraction of sp³-hybridized carbons (Fsp3) is 0.848. The second-order valence-corrected chi connectivity index (χ2v) is 14.3. The largest absolute Gasteiger partial charge is 0.459 e. The number of esters is 1. The molecule has 0 spiro atoms. The van der Waals surface area contributed by atoms with Crippen LogP contribution in [0.5, 0.6) is 0 Å². The van der Waals surface area contributed by atoms with Gasteiger partial charge in [-0.15, -0.1) is 0 Å². The van der Waals surface area contributed by atoms with Crippen LogP contribution in [0.2, 0.25) is 0 Å². The number of fused-ring (bicyclic) bond motifs is 5. The molecule has 7 saturated heterocycles. The highest BCUT2D eigenvalue weighted by Gasteiger charge is 2.55. The zero-order valence-electron chi connectivity index (χ0n) is 25.8. The van der Waals surface area contributed by atoms with E-state index in [1.165, 1.54) is 0 Å². The number of allylic oxidation sites excluding steroid dienone is 1. The molecule has 0 radical (unpaired) electrons. The van der Waals surface area contributed by atoms with Crippen molar-refractivity contribution >= 4 is 5.97 Å². The first-order valence-corrected chi connectivity index (χ1v) is 16.4. The Morgan fingerprint density at radius 2 is 1.65 bits per heavy atom. The van der Waals surface area contributed by atoms with Crippen LogP contribution in [0.3, 0.4) is 0 Å². The van der Waals surface area contributed by atoms with Crippen LogP contribution in [0, 0.1) is 11.8 Å². The maximum Gasteiger partial charge on any atom is 0.311 e. The molecule has 0 aromatic heterocycles. The SMILES string of the molecule is C=C1C[C@H]2C[C@@H](OC(=O)C[C@]3(O)C[C@@H]4O[C@@H](C[C@@H]4O3)[C@@H](O)C[C@H]3C[C@@H](C)C[C@@](O)(C1)O3)[C@@H]([C@@H]1O[C@@H](C=CCC)C[C@H]1C)O2. The molecule has 3 N–H and O–H groups in total. The van der Waals surface area contributed by atoms with Crippen molar-refractivity contribution in [2.24, 2.45) is 11.8 Å². The van der Waals surface area contributed by atoms with Gasteiger partial charge in [0.15, 0.2) is 11.6 Å². The average Bonchev–Trinajstić information content (AvgIpc) is 3.62. The predicted molar refractivity (Wildman–Crippen MR) is 155 cm³/mol. The van der Waals surface area contributed by atoms with Gasteiger partial charge in [0.05, 0.1) is 55.3 Å². The third-order valence-electron chi connectivity index (χ3n) is 10.1. The minimum Gasteiger partial charge on any atom is -0.459 e. The fourth-order valence-electron chi connectivity index (χ4n) is 8.44. The van der Waals surface area contributed by atoms with Crippen LogP contribution in [-0.2, 0) is 33.2 Å². The van der Waals surface area contributed by atoms with Crippen LogP contribution >= 0.6 is 0 Å². The van der Waals surface area contributed by atoms with Gasteiger partial charge in [-0.25, -0.2) is 0 Å². The summed E-state index contributed by atoms with van der Waals surface area (Å²) in [5.74, 6) is -3.25. The monoisotopic (exact) mass is 606 g/mol. The second-order valence-electron chi connectivity index (χ2n) is 14.3. The Hall–Kier alpha value is -1.37. The van der Waals surface area contributed by atoms with E-state index in [1.807, 2.05) is 0 Å². The maximum absolute atomic E-state index is 13.3. The van der Waals surface area contributed by atoms with Crippen molar-refractivity contribution in [3.8, 4) is 0 Å². The molecule has 7 heterocycles. The van der Waals surface area contributed by atoms with Crippen molar-refractivity contribution in [1.29, 1.82) is 0 Å². The van der Waals surface area contributed by atoms with E-state index in [9.17, 15) is 20.1 Å². The van der Waals surface area contributed by atoms with Crippen LogP contribution in [0.4, 0.5) is 0 Å². The minimum absolute atomic E-state index is 0.0190. The molecular formula is C33H50O10. The highest BCUT2D eigenvalue weighted by atomic mass is 16.7. The molecule has 43 heavy (non-hydrogen) atoms. The molecule has 0 aliphatic carbocycles. The van der Waals surface area contributed by atoms with Crippen molar-refractivity contribution in [2.45, 2.75) is 164 Å². The number of carbonyl (C=O) groups excluding carboxylic acids is 1. The van der Waals surface area contributed by atoms with Crippen molar-refractivity contribution in [3.63, 3.8) is 0 Å². The smallest absolute Gasteiger partial charge is 0.311 e. The number of aliphatic hydroxyl groups is 3. The molecule has 0 amide bonds. The molecule has 8 bridgehead atoms. The van der Waals surface area contributed by atoms with E-state index < -0.39 is 54.2 Å². The van der Waals surface area contributed by atoms with Crippen molar-refractivity contribution in [1.82, 2.24) is 0 Å². The molecule has 0 aromatic rings. The second kappa shape index (κ2) is 12.4. The number of ether oxygens (including phenoxy) is 6. The molecule has 10 nitrogen and oxygen atoms in total. The van der Waals surface area contributed by atoms with Gasteiger partial charge in [-0.3, -0.25) is 4.79 Å². The van der Waals surface area contributed by atoms with Gasteiger partial charge in [-0.05, 0) is 37.5 Å². The zero-order chi connectivity index (χ0) is 30.5. The molecular weight excluding hydrogens is 556 g/mol. The minimum atomic E-state index is -1.69. The molecule has 0 aromatic carbocycles. The average molecular weight is 607 g/mol. The normalized spacial score (nSPS) is 51.0. The van der Waals surface area contributed by atoms with E-state index >= 15 is 0 Å². The van der Waals surface area contributed by atoms with E-state index in [1.54, 1.807) is 0 Å². The van der Waals surface area contributed by atoms with Crippen molar-refractivity contribution in [3.05, 3.63) is 24.3 Å². The van der Waals surface area contributed by atoms with Crippen LogP contribution in [-0.4, -0.2) is 93.9 Å². The van der Waals surface area contributed by atoms with E-state index in [0.717, 1.165) is 24.8 Å². The van der Waals surface area contributed by atoms with E-state index in [-0.39, 0.29) is 55.5 Å². The van der Waals surface area contributed by atoms with Gasteiger partial charge in [-0.2, -0.15) is 0 Å². The van der Waals surface area contributed by atoms with Gasteiger partial charge < -0.3 is 43.7 Å². The van der Waals surface area contributed by atoms with Gasteiger partial charge in [0.25, 0.3) is 0 Å². The summed E-state index contributed by atoms with van der Waals surface area (Å²) >= 11 is 0. The van der Waals surface area contributed by atoms with E-state index in [2.05, 4.69) is 39.5 Å². The molecule has 7 rings (SSSR count). The molecule has 0 saturated carbocycles. The van der Waals surface area contributed by atoms with E-state index in [0.29, 0.717) is 32.1 Å². The topological polar surface area (TPSA) is 133 Å². The molecule has 10 heteroatoms. The maximum atomic E-state index is 13.3. The number of rotatable bonds is 3. The summed E-state index contributed by atoms with van der Waals surface area (Å²) in [4.78, 5) is 13.3. The van der Waals surface area contributed by atoms with E-state index in [4.69, 9.17) is 28.4 Å². The Kier molecular flexibility index (Phi) is 9.14. The van der Waals surface area contributed by atoms with Gasteiger partial charge >= 0.3 is 5.97 Å². The summed E-state index contributed by atoms with van der Waals surface area (Å²) in [5, 5.41) is 33.8. The zero-order valence-corrected chi connectivity index (χ0v) is 25.8. The first kappa shape index (κ1) is 31.6. The van der Waals surface area contributed by atoms with Gasteiger partial charge in [0, 0.05) is 38.5 Å². The van der Waals surface area contributed by atoms with Gasteiger partial charge in [-0.1, -0.05) is 45.1 Å². The number of aliphatic hydroxyl groups excluding tert-OH is 1. The van der Waals surface area contributed by atoms with Gasteiger partial charge in [0.1, 0.15) is 12.2 Å². The number of carbonyl (C=O) groups is 1. The lowest BCUT2D eigenvalue weighted by atomic mass is 9.85. The van der Waals surface area contributed by atoms with Crippen LogP contribution in [0.1, 0.15) is 91.4 Å². The van der Waals surface area contributed by atoms with Crippen LogP contribution in [0.15, 0.2) is 24.3 Å². The molecule has 14 atom stereocenters. The summed E-state index contributed by atoms with van der Waals surface area (Å²) < 4.78 is 37.3. The highest BCUT2D eigenvalue weighted by Crippen LogP contribution is 2.44. The molecule has 0 unspecified atom stereocenters. The van der Waals surface area contributed by atoms with Gasteiger partial charge in [0.2, 0.25) is 0 Å². The summed E-state index contributed by atoms with van der Waals surface area (Å²) in [6, 6.07) is 0. The highest BCUT2D eigenvalue weighted by molar-refractivity contribution is 5.70. The Labute approximate surface area is 254 Å². The summed E-state index contributed by atoms with van der Waals surface area (Å²) in [7, 11) is 0. The molecule has 7 aliphatic heterocycles. The molecule has 7 aliphatic rings. The Morgan fingerprint density at radius 1 is 0.860 bits per heavy atom. The lowest BCUT2D eigenvalue weighted by Gasteiger charge is -2.42. The van der Waals surface area contributed by atoms with Crippen LogP contribution in [0.25, 0.3) is 0 Å². The Bertz CT molecular complexity index is 1050. The third kappa shape index (κ3) is 7.07. The van der Waals surface area contributed by atoms with Crippen molar-refractivity contribution in [2.75, 3.05) is 0 Å². The predicted octanol–water partition coefficient (Wildman–Crippen LogP) is 3.45. The first-order chi connectivity index (χ1) is 20.4. The number of hydrogen-bond donors (Lipinski definition) is 3. The summed E-state index contributed by atoms with van der Waals surface area (Å²) in [6.07, 6.45) is 4.82. The Balaban J connectivity index is 1.23. The quantitative estimate of drug-likeness (QED) is 0.324. The van der Waals surface area contributed by atoms with Crippen LogP contribution < -0.4 is 0 Å². The standard InChI is InChI=1S/C33H50O10/c1-5-6-7-21-10-20(4)30(38-21)31-27-12-22(39-31)8-18(2)14-32(36)15-19(3)9-23(42-32)11-24(34)25-13-26-28(40-25)16-33(37,43-26)17-29(35)41-27/h6-7,19-28,30-31,34,36-37H,2,5,8-17H2,1,3-4H3/t19-,20-,21+,22+,23-,24+,25+,26+,27-,28+,30-,31+,32-,33+/m1/s1. The lowest BCUT2D eigenvalue weighted by molar-refractivity contribution is -0.268. The summed E-state index contributed by atoms with van der Waals surface area (Å²) in [6.45, 7) is 10.6. The first-order valence-electron chi connectivity index (χ1n) is 16.4. The van der Waals surface area contributed by atoms with Crippen molar-refractivity contribution < 1.29 is 48.5 Å². The lowest BCUT2D eigenvalue weighted by Crippen LogP contribution is -2.46. The molecule has 242 valence electrons. The fourth-order valence-corrected chi connectivity index (χ4v) is 8.44. The number of hydrogen-bond acceptors (Lipinski definition) is 10. The third-order valence-corrected chi connectivity index (χ3v) is 10.1. The molecule has 7 fully saturated rings.